The molecule has 42 heavy (non-hydrogen) atoms. The van der Waals surface area contributed by atoms with Crippen LogP contribution in [0, 0.1) is 0 Å². The van der Waals surface area contributed by atoms with Crippen molar-refractivity contribution in [3.8, 4) is 0 Å². The minimum atomic E-state index is -2.49. The number of rotatable bonds is 14. The van der Waals surface area contributed by atoms with Crippen LogP contribution in [0.1, 0.15) is 54.4 Å². The van der Waals surface area contributed by atoms with Crippen molar-refractivity contribution in [2.45, 2.75) is 67.9 Å². The molecular formula is C37H48N2OSi2. The van der Waals surface area contributed by atoms with E-state index < -0.39 is 15.4 Å². The van der Waals surface area contributed by atoms with Crippen molar-refractivity contribution in [3.63, 3.8) is 0 Å². The fraction of sp³-hybridized carbons (Fsp3) is 0.351. The van der Waals surface area contributed by atoms with Gasteiger partial charge in [0.25, 0.3) is 0 Å². The van der Waals surface area contributed by atoms with Crippen LogP contribution < -0.4 is 11.5 Å². The second-order valence-corrected chi connectivity index (χ2v) is 25.1. The van der Waals surface area contributed by atoms with E-state index in [0.29, 0.717) is 13.1 Å². The Labute approximate surface area is 255 Å². The molecule has 0 bridgehead atoms. The molecule has 1 aliphatic rings. The quantitative estimate of drug-likeness (QED) is 0.152. The maximum Gasteiger partial charge on any atom is 0.190 e. The lowest BCUT2D eigenvalue weighted by molar-refractivity contribution is 0.0280. The van der Waals surface area contributed by atoms with E-state index in [0.717, 1.165) is 44.2 Å². The highest BCUT2D eigenvalue weighted by Crippen LogP contribution is 2.48. The summed E-state index contributed by atoms with van der Waals surface area (Å²) in [7, 11) is -4.61. The van der Waals surface area contributed by atoms with Gasteiger partial charge >= 0.3 is 0 Å². The Bertz CT molecular complexity index is 1240. The standard InChI is InChI=1S/C37H48N2OSi2/c38-26-13-23-37(24-14-27-39)25-28-41(29-33-15-5-1-6-16-33,30-34-17-7-2-8-18-34)42(40-37,31-35-19-9-3-10-20-35)32-36-21-11-4-12-22-36/h1-12,15-22H,13-14,23-32,38-39H2. The molecular weight excluding hydrogens is 545 g/mol. The Kier molecular flexibility index (Phi) is 10.6. The SMILES string of the molecule is NCCCC1(CCCN)CC[Si](Cc2ccccc2)(Cc2ccccc2)[Si](Cc2ccccc2)(Cc2ccccc2)O1. The van der Waals surface area contributed by atoms with Crippen LogP contribution in [0.4, 0.5) is 0 Å². The molecule has 0 unspecified atom stereocenters. The van der Waals surface area contributed by atoms with Gasteiger partial charge in [0.1, 0.15) is 0 Å². The molecule has 1 heterocycles. The molecule has 5 rings (SSSR count). The molecule has 1 saturated heterocycles. The van der Waals surface area contributed by atoms with Crippen molar-refractivity contribution < 1.29 is 4.43 Å². The Hall–Kier alpha value is -2.81. The normalized spacial score (nSPS) is 17.1. The van der Waals surface area contributed by atoms with Gasteiger partial charge in [-0.25, -0.2) is 0 Å². The fourth-order valence-corrected chi connectivity index (χ4v) is 25.9. The smallest absolute Gasteiger partial charge is 0.190 e. The number of hydrogen-bond acceptors (Lipinski definition) is 3. The minimum Gasteiger partial charge on any atom is -0.413 e. The molecule has 0 saturated carbocycles. The maximum absolute atomic E-state index is 8.12. The summed E-state index contributed by atoms with van der Waals surface area (Å²) in [5.41, 5.74) is 17.9. The van der Waals surface area contributed by atoms with Gasteiger partial charge in [-0.1, -0.05) is 138 Å². The monoisotopic (exact) mass is 592 g/mol. The van der Waals surface area contributed by atoms with E-state index in [9.17, 15) is 0 Å². The molecule has 4 aromatic carbocycles. The van der Waals surface area contributed by atoms with E-state index >= 15 is 0 Å². The van der Waals surface area contributed by atoms with E-state index in [1.807, 2.05) is 0 Å². The first-order valence-corrected chi connectivity index (χ1v) is 21.8. The molecule has 1 fully saturated rings. The second kappa shape index (κ2) is 14.6. The van der Waals surface area contributed by atoms with Gasteiger partial charge in [0, 0.05) is 0 Å². The van der Waals surface area contributed by atoms with E-state index in [1.54, 1.807) is 0 Å². The molecule has 4 aromatic rings. The highest BCUT2D eigenvalue weighted by atomic mass is 29.3. The summed E-state index contributed by atoms with van der Waals surface area (Å²) >= 11 is 0. The summed E-state index contributed by atoms with van der Waals surface area (Å²) in [6.45, 7) is 1.41. The van der Waals surface area contributed by atoms with Gasteiger partial charge in [-0.15, -0.1) is 0 Å². The Morgan fingerprint density at radius 3 is 1.24 bits per heavy atom. The van der Waals surface area contributed by atoms with Crippen LogP contribution in [0.3, 0.4) is 0 Å². The van der Waals surface area contributed by atoms with Gasteiger partial charge in [-0.3, -0.25) is 0 Å². The van der Waals surface area contributed by atoms with Gasteiger partial charge in [0.05, 0.1) is 13.2 Å². The number of hydrogen-bond donors (Lipinski definition) is 2. The zero-order valence-electron chi connectivity index (χ0n) is 25.1. The van der Waals surface area contributed by atoms with Crippen LogP contribution >= 0.6 is 0 Å². The lowest BCUT2D eigenvalue weighted by Gasteiger charge is -2.58. The van der Waals surface area contributed by atoms with E-state index in [2.05, 4.69) is 121 Å². The topological polar surface area (TPSA) is 61.3 Å². The molecule has 0 radical (unpaired) electrons. The van der Waals surface area contributed by atoms with Gasteiger partial charge in [-0.2, -0.15) is 0 Å². The molecule has 5 heteroatoms. The van der Waals surface area contributed by atoms with Crippen molar-refractivity contribution in [1.82, 2.24) is 0 Å². The fourth-order valence-electron chi connectivity index (χ4n) is 7.49. The van der Waals surface area contributed by atoms with Crippen LogP contribution in [-0.4, -0.2) is 34.1 Å². The van der Waals surface area contributed by atoms with Gasteiger partial charge in [0.15, 0.2) is 7.83 Å². The first-order valence-electron chi connectivity index (χ1n) is 15.9. The average Bonchev–Trinajstić information content (AvgIpc) is 3.03. The van der Waals surface area contributed by atoms with Gasteiger partial charge in [-0.05, 0) is 80.5 Å². The van der Waals surface area contributed by atoms with Gasteiger partial charge < -0.3 is 15.9 Å². The van der Waals surface area contributed by atoms with Crippen molar-refractivity contribution in [3.05, 3.63) is 144 Å². The van der Waals surface area contributed by atoms with Gasteiger partial charge in [0.2, 0.25) is 0 Å². The molecule has 0 aromatic heterocycles. The summed E-state index contributed by atoms with van der Waals surface area (Å²) < 4.78 is 8.12. The maximum atomic E-state index is 8.12. The third-order valence-corrected chi connectivity index (χ3v) is 26.6. The summed E-state index contributed by atoms with van der Waals surface area (Å²) in [6.07, 6.45) is 5.18. The highest BCUT2D eigenvalue weighted by molar-refractivity contribution is 7.39. The van der Waals surface area contributed by atoms with E-state index in [-0.39, 0.29) is 5.60 Å². The van der Waals surface area contributed by atoms with Crippen molar-refractivity contribution >= 4 is 15.4 Å². The predicted molar refractivity (Wildman–Crippen MR) is 182 cm³/mol. The van der Waals surface area contributed by atoms with Crippen molar-refractivity contribution in [2.75, 3.05) is 13.1 Å². The van der Waals surface area contributed by atoms with Crippen molar-refractivity contribution in [1.29, 1.82) is 0 Å². The Balaban J connectivity index is 1.72. The molecule has 0 spiro atoms. The average molecular weight is 593 g/mol. The molecule has 0 atom stereocenters. The first-order chi connectivity index (χ1) is 20.6. The third kappa shape index (κ3) is 7.39. The summed E-state index contributed by atoms with van der Waals surface area (Å²) in [5, 5.41) is 0. The van der Waals surface area contributed by atoms with Crippen LogP contribution in [0.5, 0.6) is 0 Å². The highest BCUT2D eigenvalue weighted by Gasteiger charge is 2.62. The summed E-state index contributed by atoms with van der Waals surface area (Å²) in [5.74, 6) is 0. The minimum absolute atomic E-state index is 0.140. The Morgan fingerprint density at radius 1 is 0.524 bits per heavy atom. The molecule has 4 N–H and O–H groups in total. The number of nitrogens with two attached hydrogens (primary N) is 2. The zero-order valence-corrected chi connectivity index (χ0v) is 27.1. The molecule has 1 aliphatic heterocycles. The molecule has 0 amide bonds. The van der Waals surface area contributed by atoms with Crippen LogP contribution in [-0.2, 0) is 28.6 Å². The van der Waals surface area contributed by atoms with E-state index in [4.69, 9.17) is 15.9 Å². The largest absolute Gasteiger partial charge is 0.413 e. The number of benzene rings is 4. The third-order valence-electron chi connectivity index (χ3n) is 9.55. The second-order valence-electron chi connectivity index (χ2n) is 12.5. The molecule has 0 aliphatic carbocycles. The summed E-state index contributed by atoms with van der Waals surface area (Å²) in [4.78, 5) is 0. The predicted octanol–water partition coefficient (Wildman–Crippen LogP) is 7.22. The van der Waals surface area contributed by atoms with Crippen LogP contribution in [0.2, 0.25) is 6.04 Å². The Morgan fingerprint density at radius 2 is 0.881 bits per heavy atom. The summed E-state index contributed by atoms with van der Waals surface area (Å²) in [6, 6.07) is 50.8. The van der Waals surface area contributed by atoms with Crippen molar-refractivity contribution in [2.24, 2.45) is 11.5 Å². The lowest BCUT2D eigenvalue weighted by atomic mass is 9.89. The zero-order chi connectivity index (χ0) is 29.1. The van der Waals surface area contributed by atoms with E-state index in [1.165, 1.54) is 40.4 Å². The molecule has 3 nitrogen and oxygen atoms in total. The van der Waals surface area contributed by atoms with Crippen LogP contribution in [0.25, 0.3) is 0 Å². The molecule has 220 valence electrons. The lowest BCUT2D eigenvalue weighted by Crippen LogP contribution is -2.76. The van der Waals surface area contributed by atoms with Crippen LogP contribution in [0.15, 0.2) is 121 Å². The first kappa shape index (κ1) is 30.6.